The lowest BCUT2D eigenvalue weighted by molar-refractivity contribution is -0.132. The van der Waals surface area contributed by atoms with Gasteiger partial charge in [-0.05, 0) is 17.7 Å². The number of amides is 1. The highest BCUT2D eigenvalue weighted by Crippen LogP contribution is 2.51. The number of fused-ring (bicyclic) bond motifs is 1. The number of carbonyl (C=O) groups is 1. The van der Waals surface area contributed by atoms with E-state index in [1.807, 2.05) is 0 Å². The quantitative estimate of drug-likeness (QED) is 0.773. The van der Waals surface area contributed by atoms with E-state index in [1.54, 1.807) is 0 Å². The largest absolute Gasteiger partial charge is 0.312 e. The van der Waals surface area contributed by atoms with Crippen molar-refractivity contribution in [2.75, 3.05) is 0 Å². The van der Waals surface area contributed by atoms with Crippen molar-refractivity contribution < 1.29 is 13.6 Å². The van der Waals surface area contributed by atoms with Crippen LogP contribution >= 0.6 is 0 Å². The van der Waals surface area contributed by atoms with E-state index in [0.29, 0.717) is 6.42 Å². The predicted molar refractivity (Wildman–Crippen MR) is 58.1 cm³/mol. The van der Waals surface area contributed by atoms with Crippen LogP contribution in [-0.2, 0) is 11.3 Å². The molecule has 1 aromatic carbocycles. The molecule has 3 unspecified atom stereocenters. The van der Waals surface area contributed by atoms with Crippen LogP contribution in [0.1, 0.15) is 12.0 Å². The Morgan fingerprint density at radius 1 is 1.39 bits per heavy atom. The Bertz CT molecular complexity index is 535. The van der Waals surface area contributed by atoms with E-state index >= 15 is 0 Å². The van der Waals surface area contributed by atoms with Crippen molar-refractivity contribution in [1.82, 2.24) is 4.90 Å². The van der Waals surface area contributed by atoms with Gasteiger partial charge < -0.3 is 4.90 Å². The number of carbonyl (C=O) groups excluding carboxylic acids is 1. The Kier molecular flexibility index (Phi) is 2.39. The number of hydrogen-bond donors (Lipinski definition) is 0. The maximum absolute atomic E-state index is 13.5. The maximum atomic E-state index is 13.5. The molecule has 1 saturated carbocycles. The minimum absolute atomic E-state index is 0.0355. The average Bonchev–Trinajstić information content (AvgIpc) is 3.09. The lowest BCUT2D eigenvalue weighted by atomic mass is 10.2. The molecule has 3 rings (SSSR count). The van der Waals surface area contributed by atoms with Crippen molar-refractivity contribution in [2.24, 2.45) is 17.0 Å². The van der Waals surface area contributed by atoms with Gasteiger partial charge in [0, 0.05) is 17.4 Å². The minimum atomic E-state index is -0.976. The smallest absolute Gasteiger partial charge is 0.228 e. The van der Waals surface area contributed by atoms with Gasteiger partial charge in [-0.1, -0.05) is 12.1 Å². The Morgan fingerprint density at radius 3 is 2.89 bits per heavy atom. The first-order chi connectivity index (χ1) is 8.63. The summed E-state index contributed by atoms with van der Waals surface area (Å²) in [4.78, 5) is 23.8. The van der Waals surface area contributed by atoms with Crippen LogP contribution in [0.3, 0.4) is 0 Å². The van der Waals surface area contributed by atoms with Crippen LogP contribution in [0.15, 0.2) is 23.4 Å². The van der Waals surface area contributed by atoms with Gasteiger partial charge in [0.25, 0.3) is 0 Å². The fourth-order valence-corrected chi connectivity index (χ4v) is 2.56. The number of hydrogen-bond acceptors (Lipinski definition) is 3. The molecular formula is C12H10F2N2O2. The van der Waals surface area contributed by atoms with Gasteiger partial charge in [-0.2, -0.15) is 0 Å². The highest BCUT2D eigenvalue weighted by atomic mass is 19.2. The summed E-state index contributed by atoms with van der Waals surface area (Å²) in [6.07, 6.45) is -0.0534. The molecule has 0 radical (unpaired) electrons. The zero-order valence-electron chi connectivity index (χ0n) is 9.35. The summed E-state index contributed by atoms with van der Waals surface area (Å²) in [6, 6.07) is 3.79. The third-order valence-corrected chi connectivity index (χ3v) is 3.62. The topological polar surface area (TPSA) is 49.7 Å². The van der Waals surface area contributed by atoms with Gasteiger partial charge >= 0.3 is 0 Å². The number of likely N-dealkylation sites (tertiary alicyclic amines) is 1. The molecule has 1 aliphatic carbocycles. The molecule has 2 aliphatic rings. The van der Waals surface area contributed by atoms with E-state index in [9.17, 15) is 18.5 Å². The van der Waals surface area contributed by atoms with E-state index in [4.69, 9.17) is 0 Å². The molecule has 18 heavy (non-hydrogen) atoms. The molecule has 2 fully saturated rings. The molecular weight excluding hydrogens is 242 g/mol. The Labute approximate surface area is 102 Å². The zero-order chi connectivity index (χ0) is 12.9. The van der Waals surface area contributed by atoms with Gasteiger partial charge in [-0.3, -0.25) is 4.79 Å². The van der Waals surface area contributed by atoms with E-state index in [2.05, 4.69) is 5.18 Å². The summed E-state index contributed by atoms with van der Waals surface area (Å²) >= 11 is 0. The second-order valence-corrected chi connectivity index (χ2v) is 4.70. The van der Waals surface area contributed by atoms with Crippen LogP contribution in [0.5, 0.6) is 0 Å². The standard InChI is InChI=1S/C12H10F2N2O2/c13-9-3-1-2-6(10(9)14)5-16-11(15-18)7-4-8(7)12(16)17/h1-3,7-8,11H,4-5H2. The van der Waals surface area contributed by atoms with Crippen LogP contribution in [0, 0.1) is 28.4 Å². The van der Waals surface area contributed by atoms with Gasteiger partial charge in [0.15, 0.2) is 17.8 Å². The van der Waals surface area contributed by atoms with Crippen LogP contribution in [0.2, 0.25) is 0 Å². The average molecular weight is 252 g/mol. The first-order valence-electron chi connectivity index (χ1n) is 5.69. The maximum Gasteiger partial charge on any atom is 0.228 e. The molecule has 1 saturated heterocycles. The number of halogens is 2. The molecule has 0 aromatic heterocycles. The van der Waals surface area contributed by atoms with E-state index in [1.165, 1.54) is 17.0 Å². The van der Waals surface area contributed by atoms with Crippen LogP contribution < -0.4 is 0 Å². The normalized spacial score (nSPS) is 29.3. The second-order valence-electron chi connectivity index (χ2n) is 4.70. The molecule has 4 nitrogen and oxygen atoms in total. The van der Waals surface area contributed by atoms with E-state index in [-0.39, 0.29) is 29.9 Å². The monoisotopic (exact) mass is 252 g/mol. The highest BCUT2D eigenvalue weighted by Gasteiger charge is 2.59. The third-order valence-electron chi connectivity index (χ3n) is 3.62. The van der Waals surface area contributed by atoms with Gasteiger partial charge in [0.1, 0.15) is 0 Å². The fourth-order valence-electron chi connectivity index (χ4n) is 2.56. The van der Waals surface area contributed by atoms with Crippen molar-refractivity contribution >= 4 is 5.91 Å². The summed E-state index contributed by atoms with van der Waals surface area (Å²) in [5, 5.41) is 2.93. The van der Waals surface area contributed by atoms with Gasteiger partial charge in [-0.25, -0.2) is 8.78 Å². The predicted octanol–water partition coefficient (Wildman–Crippen LogP) is 2.04. The van der Waals surface area contributed by atoms with Gasteiger partial charge in [0.05, 0.1) is 6.54 Å². The third kappa shape index (κ3) is 1.52. The van der Waals surface area contributed by atoms with Crippen molar-refractivity contribution in [3.8, 4) is 0 Å². The van der Waals surface area contributed by atoms with Crippen LogP contribution in [0.25, 0.3) is 0 Å². The summed E-state index contributed by atoms with van der Waals surface area (Å²) in [5.74, 6) is -2.31. The van der Waals surface area contributed by atoms with Crippen molar-refractivity contribution in [1.29, 1.82) is 0 Å². The minimum Gasteiger partial charge on any atom is -0.312 e. The summed E-state index contributed by atoms with van der Waals surface area (Å²) in [6.45, 7) is -0.105. The second kappa shape index (κ2) is 3.83. The molecule has 1 heterocycles. The molecule has 0 N–H and O–H groups in total. The van der Waals surface area contributed by atoms with Crippen molar-refractivity contribution in [3.05, 3.63) is 40.3 Å². The molecule has 0 spiro atoms. The SMILES string of the molecule is O=NC1C2CC2C(=O)N1Cc1cccc(F)c1F. The fraction of sp³-hybridized carbons (Fsp3) is 0.417. The molecule has 1 aliphatic heterocycles. The first-order valence-corrected chi connectivity index (χ1v) is 5.69. The van der Waals surface area contributed by atoms with Gasteiger partial charge in [0.2, 0.25) is 5.91 Å². The van der Waals surface area contributed by atoms with Crippen molar-refractivity contribution in [3.63, 3.8) is 0 Å². The highest BCUT2D eigenvalue weighted by molar-refractivity contribution is 5.85. The number of benzene rings is 1. The number of nitroso groups, excluding NO2 is 1. The lowest BCUT2D eigenvalue weighted by Crippen LogP contribution is -2.35. The summed E-state index contributed by atoms with van der Waals surface area (Å²) in [5.41, 5.74) is 0.0679. The summed E-state index contributed by atoms with van der Waals surface area (Å²) in [7, 11) is 0. The molecule has 94 valence electrons. The van der Waals surface area contributed by atoms with Crippen molar-refractivity contribution in [2.45, 2.75) is 19.1 Å². The zero-order valence-corrected chi connectivity index (χ0v) is 9.35. The number of piperidine rings is 1. The van der Waals surface area contributed by atoms with E-state index < -0.39 is 17.8 Å². The lowest BCUT2D eigenvalue weighted by Gasteiger charge is -2.22. The molecule has 1 aromatic rings. The molecule has 3 atom stereocenters. The first kappa shape index (κ1) is 11.3. The van der Waals surface area contributed by atoms with Crippen LogP contribution in [0.4, 0.5) is 8.78 Å². The Morgan fingerprint density at radius 2 is 2.17 bits per heavy atom. The molecule has 1 amide bonds. The Hall–Kier alpha value is -1.85. The number of nitrogens with zero attached hydrogens (tertiary/aromatic N) is 2. The number of rotatable bonds is 3. The van der Waals surface area contributed by atoms with Crippen LogP contribution in [-0.4, -0.2) is 17.0 Å². The summed E-state index contributed by atoms with van der Waals surface area (Å²) < 4.78 is 26.6. The van der Waals surface area contributed by atoms with E-state index in [0.717, 1.165) is 6.07 Å². The molecule has 0 bridgehead atoms. The molecule has 6 heteroatoms. The Balaban J connectivity index is 1.86. The van der Waals surface area contributed by atoms with Gasteiger partial charge in [-0.15, -0.1) is 4.91 Å².